The van der Waals surface area contributed by atoms with Gasteiger partial charge in [0.15, 0.2) is 0 Å². The summed E-state index contributed by atoms with van der Waals surface area (Å²) in [6.07, 6.45) is 10.4. The number of rotatable bonds is 9. The number of piperidine rings is 1. The Hall–Kier alpha value is -2.31. The average Bonchev–Trinajstić information content (AvgIpc) is 2.95. The van der Waals surface area contributed by atoms with Crippen molar-refractivity contribution >= 4 is 23.6 Å². The molecule has 0 radical (unpaired) electrons. The first-order valence-electron chi connectivity index (χ1n) is 14.7. The van der Waals surface area contributed by atoms with Gasteiger partial charge in [-0.3, -0.25) is 14.5 Å². The molecule has 0 unspecified atom stereocenters. The van der Waals surface area contributed by atoms with Gasteiger partial charge >= 0.3 is 0 Å². The Morgan fingerprint density at radius 3 is 2.29 bits per heavy atom. The highest BCUT2D eigenvalue weighted by Gasteiger charge is 2.53. The molecule has 1 aliphatic carbocycles. The van der Waals surface area contributed by atoms with Gasteiger partial charge in [-0.2, -0.15) is 0 Å². The zero-order valence-corrected chi connectivity index (χ0v) is 23.7. The SMILES string of the molecule is CCCCN1C(=O)[C@H](CC2CCCCC2)NC(=O)C12CCN(Cc1ccc(Sc3ccccc3)cc1)CC2. The van der Waals surface area contributed by atoms with Crippen molar-refractivity contribution in [2.75, 3.05) is 19.6 Å². The van der Waals surface area contributed by atoms with Crippen molar-refractivity contribution in [2.45, 2.75) is 99.0 Å². The monoisotopic (exact) mass is 533 g/mol. The van der Waals surface area contributed by atoms with Crippen molar-refractivity contribution in [2.24, 2.45) is 5.92 Å². The third-order valence-corrected chi connectivity index (χ3v) is 9.85. The molecule has 2 amide bonds. The lowest BCUT2D eigenvalue weighted by Crippen LogP contribution is -2.73. The number of likely N-dealkylation sites (tertiary alicyclic amines) is 1. The zero-order valence-electron chi connectivity index (χ0n) is 22.9. The van der Waals surface area contributed by atoms with E-state index in [1.807, 2.05) is 11.0 Å². The van der Waals surface area contributed by atoms with Crippen LogP contribution in [0.25, 0.3) is 0 Å². The average molecular weight is 534 g/mol. The maximum Gasteiger partial charge on any atom is 0.246 e. The molecule has 3 aliphatic rings. The van der Waals surface area contributed by atoms with Crippen molar-refractivity contribution in [1.29, 1.82) is 0 Å². The van der Waals surface area contributed by atoms with Gasteiger partial charge < -0.3 is 10.2 Å². The third-order valence-electron chi connectivity index (χ3n) is 8.83. The summed E-state index contributed by atoms with van der Waals surface area (Å²) in [4.78, 5) is 34.4. The van der Waals surface area contributed by atoms with Crippen LogP contribution >= 0.6 is 11.8 Å². The van der Waals surface area contributed by atoms with E-state index >= 15 is 0 Å². The molecule has 3 fully saturated rings. The van der Waals surface area contributed by atoms with E-state index in [2.05, 4.69) is 65.7 Å². The lowest BCUT2D eigenvalue weighted by Gasteiger charge is -2.52. The molecule has 5 rings (SSSR count). The Labute approximate surface area is 232 Å². The fourth-order valence-corrected chi connectivity index (χ4v) is 7.39. The van der Waals surface area contributed by atoms with Crippen LogP contribution in [0.5, 0.6) is 0 Å². The normalized spacial score (nSPS) is 22.6. The second-order valence-electron chi connectivity index (χ2n) is 11.5. The highest BCUT2D eigenvalue weighted by molar-refractivity contribution is 7.99. The summed E-state index contributed by atoms with van der Waals surface area (Å²) < 4.78 is 0. The molecule has 1 saturated carbocycles. The van der Waals surface area contributed by atoms with Crippen LogP contribution in [0.4, 0.5) is 0 Å². The fourth-order valence-electron chi connectivity index (χ4n) is 6.56. The van der Waals surface area contributed by atoms with Gasteiger partial charge in [0, 0.05) is 36.0 Å². The number of piperazine rings is 1. The molecule has 2 saturated heterocycles. The minimum Gasteiger partial charge on any atom is -0.342 e. The molecule has 2 aromatic rings. The van der Waals surface area contributed by atoms with Gasteiger partial charge in [-0.1, -0.05) is 87.5 Å². The molecule has 2 aromatic carbocycles. The van der Waals surface area contributed by atoms with Crippen LogP contribution in [0.3, 0.4) is 0 Å². The minimum absolute atomic E-state index is 0.0935. The van der Waals surface area contributed by atoms with Gasteiger partial charge in [0.25, 0.3) is 0 Å². The number of hydrogen-bond acceptors (Lipinski definition) is 4. The predicted molar refractivity (Wildman–Crippen MR) is 154 cm³/mol. The largest absolute Gasteiger partial charge is 0.342 e. The zero-order chi connectivity index (χ0) is 26.4. The van der Waals surface area contributed by atoms with Crippen molar-refractivity contribution < 1.29 is 9.59 Å². The molecule has 1 spiro atoms. The molecule has 38 heavy (non-hydrogen) atoms. The first-order valence-corrected chi connectivity index (χ1v) is 15.6. The Balaban J connectivity index is 1.20. The van der Waals surface area contributed by atoms with Crippen LogP contribution in [0.15, 0.2) is 64.4 Å². The summed E-state index contributed by atoms with van der Waals surface area (Å²) in [5.41, 5.74) is 0.611. The highest BCUT2D eigenvalue weighted by atomic mass is 32.2. The second-order valence-corrected chi connectivity index (χ2v) is 12.6. The number of carbonyl (C=O) groups excluding carboxylic acids is 2. The molecule has 204 valence electrons. The molecule has 2 heterocycles. The Morgan fingerprint density at radius 1 is 0.921 bits per heavy atom. The molecule has 6 heteroatoms. The number of unbranched alkanes of at least 4 members (excludes halogenated alkanes) is 1. The van der Waals surface area contributed by atoms with Crippen LogP contribution in [0.1, 0.15) is 76.7 Å². The highest BCUT2D eigenvalue weighted by Crippen LogP contribution is 2.36. The Morgan fingerprint density at radius 2 is 1.61 bits per heavy atom. The first kappa shape index (κ1) is 27.3. The van der Waals surface area contributed by atoms with Crippen molar-refractivity contribution in [3.05, 3.63) is 60.2 Å². The van der Waals surface area contributed by atoms with E-state index in [0.29, 0.717) is 25.3 Å². The minimum atomic E-state index is -0.679. The number of hydrogen-bond donors (Lipinski definition) is 1. The Kier molecular flexibility index (Phi) is 9.11. The summed E-state index contributed by atoms with van der Waals surface area (Å²) in [5, 5.41) is 3.22. The molecule has 0 bridgehead atoms. The third kappa shape index (κ3) is 6.28. The summed E-state index contributed by atoms with van der Waals surface area (Å²) in [6, 6.07) is 19.0. The molecular formula is C32H43N3O2S. The lowest BCUT2D eigenvalue weighted by molar-refractivity contribution is -0.162. The van der Waals surface area contributed by atoms with E-state index in [4.69, 9.17) is 0 Å². The molecule has 0 aromatic heterocycles. The number of amides is 2. The van der Waals surface area contributed by atoms with Crippen molar-refractivity contribution in [3.63, 3.8) is 0 Å². The molecular weight excluding hydrogens is 490 g/mol. The number of carbonyl (C=O) groups is 2. The van der Waals surface area contributed by atoms with Gasteiger partial charge in [-0.05, 0) is 61.4 Å². The number of nitrogens with zero attached hydrogens (tertiary/aromatic N) is 2. The number of benzene rings is 2. The van der Waals surface area contributed by atoms with Crippen LogP contribution in [0, 0.1) is 5.92 Å². The van der Waals surface area contributed by atoms with Gasteiger partial charge in [0.1, 0.15) is 11.6 Å². The molecule has 1 atom stereocenters. The van der Waals surface area contributed by atoms with E-state index in [1.54, 1.807) is 11.8 Å². The van der Waals surface area contributed by atoms with E-state index < -0.39 is 5.54 Å². The second kappa shape index (κ2) is 12.7. The Bertz CT molecular complexity index is 1060. The summed E-state index contributed by atoms with van der Waals surface area (Å²) in [7, 11) is 0. The van der Waals surface area contributed by atoms with Crippen molar-refractivity contribution in [1.82, 2.24) is 15.1 Å². The van der Waals surface area contributed by atoms with Gasteiger partial charge in [0.05, 0.1) is 0 Å². The van der Waals surface area contributed by atoms with Crippen LogP contribution in [-0.4, -0.2) is 52.8 Å². The maximum absolute atomic E-state index is 13.8. The summed E-state index contributed by atoms with van der Waals surface area (Å²) in [6.45, 7) is 5.40. The topological polar surface area (TPSA) is 52.7 Å². The van der Waals surface area contributed by atoms with E-state index in [0.717, 1.165) is 38.9 Å². The number of nitrogens with one attached hydrogen (secondary N) is 1. The van der Waals surface area contributed by atoms with Gasteiger partial charge in [-0.25, -0.2) is 0 Å². The van der Waals surface area contributed by atoms with E-state index in [-0.39, 0.29) is 17.9 Å². The van der Waals surface area contributed by atoms with E-state index in [9.17, 15) is 9.59 Å². The lowest BCUT2D eigenvalue weighted by atomic mass is 9.79. The smallest absolute Gasteiger partial charge is 0.246 e. The van der Waals surface area contributed by atoms with Crippen LogP contribution in [-0.2, 0) is 16.1 Å². The van der Waals surface area contributed by atoms with Crippen LogP contribution in [0.2, 0.25) is 0 Å². The predicted octanol–water partition coefficient (Wildman–Crippen LogP) is 6.27. The first-order chi connectivity index (χ1) is 18.6. The fraction of sp³-hybridized carbons (Fsp3) is 0.562. The van der Waals surface area contributed by atoms with Gasteiger partial charge in [-0.15, -0.1) is 0 Å². The maximum atomic E-state index is 13.8. The van der Waals surface area contributed by atoms with Gasteiger partial charge in [0.2, 0.25) is 11.8 Å². The van der Waals surface area contributed by atoms with E-state index in [1.165, 1.54) is 47.5 Å². The quantitative estimate of drug-likeness (QED) is 0.413. The van der Waals surface area contributed by atoms with Crippen LogP contribution < -0.4 is 5.32 Å². The molecule has 1 N–H and O–H groups in total. The summed E-state index contributed by atoms with van der Waals surface area (Å²) >= 11 is 1.78. The standard InChI is InChI=1S/C32H43N3O2S/c1-2-3-20-35-30(36)29(23-25-10-6-4-7-11-25)33-31(37)32(35)18-21-34(22-19-32)24-26-14-16-28(17-15-26)38-27-12-8-5-9-13-27/h5,8-9,12-17,25,29H,2-4,6-7,10-11,18-24H2,1H3,(H,33,37)/t29-/m0/s1. The molecule has 5 nitrogen and oxygen atoms in total. The molecule has 2 aliphatic heterocycles. The summed E-state index contributed by atoms with van der Waals surface area (Å²) in [5.74, 6) is 0.832. The van der Waals surface area contributed by atoms with Crippen molar-refractivity contribution in [3.8, 4) is 0 Å².